The first-order chi connectivity index (χ1) is 11.6. The number of carbonyl (C=O) groups is 2. The minimum atomic E-state index is -0.385. The fourth-order valence-electron chi connectivity index (χ4n) is 3.55. The van der Waals surface area contributed by atoms with Crippen LogP contribution in [0.3, 0.4) is 0 Å². The molecule has 2 fully saturated rings. The molecule has 1 aromatic carbocycles. The van der Waals surface area contributed by atoms with Gasteiger partial charge in [-0.15, -0.1) is 0 Å². The predicted octanol–water partition coefficient (Wildman–Crippen LogP) is 3.23. The van der Waals surface area contributed by atoms with Crippen molar-refractivity contribution in [3.05, 3.63) is 23.8 Å². The minimum Gasteiger partial charge on any atom is -0.495 e. The van der Waals surface area contributed by atoms with Crippen molar-refractivity contribution in [1.82, 2.24) is 0 Å². The number of aryl methyl sites for hydroxylation is 1. The fourth-order valence-corrected chi connectivity index (χ4v) is 3.55. The Labute approximate surface area is 142 Å². The smallest absolute Gasteiger partial charge is 0.311 e. The maximum absolute atomic E-state index is 12.4. The summed E-state index contributed by atoms with van der Waals surface area (Å²) in [6.07, 6.45) is 5.59. The van der Waals surface area contributed by atoms with Crippen LogP contribution in [0.5, 0.6) is 5.75 Å². The minimum absolute atomic E-state index is 0.0314. The van der Waals surface area contributed by atoms with Crippen LogP contribution < -0.4 is 9.64 Å². The number of benzene rings is 1. The fraction of sp³-hybridized carbons (Fsp3) is 0.579. The molecule has 1 saturated heterocycles. The van der Waals surface area contributed by atoms with E-state index in [-0.39, 0.29) is 30.3 Å². The van der Waals surface area contributed by atoms with E-state index in [1.165, 1.54) is 6.42 Å². The molecule has 130 valence electrons. The van der Waals surface area contributed by atoms with Gasteiger partial charge < -0.3 is 14.4 Å². The molecule has 0 radical (unpaired) electrons. The predicted molar refractivity (Wildman–Crippen MR) is 91.2 cm³/mol. The largest absolute Gasteiger partial charge is 0.495 e. The Morgan fingerprint density at radius 2 is 1.96 bits per heavy atom. The molecule has 2 aliphatic rings. The van der Waals surface area contributed by atoms with Gasteiger partial charge >= 0.3 is 5.97 Å². The summed E-state index contributed by atoms with van der Waals surface area (Å²) < 4.78 is 11.0. The van der Waals surface area contributed by atoms with E-state index in [0.29, 0.717) is 12.3 Å². The number of methoxy groups -OCH3 is 1. The third kappa shape index (κ3) is 3.55. The lowest BCUT2D eigenvalue weighted by atomic mass is 9.97. The first-order valence-corrected chi connectivity index (χ1v) is 8.74. The van der Waals surface area contributed by atoms with E-state index >= 15 is 0 Å². The van der Waals surface area contributed by atoms with Crippen LogP contribution in [-0.4, -0.2) is 31.6 Å². The highest BCUT2D eigenvalue weighted by molar-refractivity contribution is 6.00. The number of amides is 1. The first kappa shape index (κ1) is 16.8. The van der Waals surface area contributed by atoms with Crippen LogP contribution in [0.2, 0.25) is 0 Å². The lowest BCUT2D eigenvalue weighted by Crippen LogP contribution is -2.29. The Morgan fingerprint density at radius 1 is 1.21 bits per heavy atom. The van der Waals surface area contributed by atoms with E-state index in [1.807, 2.05) is 25.1 Å². The van der Waals surface area contributed by atoms with Gasteiger partial charge in [-0.05, 0) is 50.3 Å². The molecule has 1 atom stereocenters. The average Bonchev–Trinajstić information content (AvgIpc) is 2.97. The third-order valence-electron chi connectivity index (χ3n) is 4.92. The molecule has 1 amide bonds. The normalized spacial score (nSPS) is 21.8. The zero-order chi connectivity index (χ0) is 17.1. The molecule has 3 rings (SSSR count). The van der Waals surface area contributed by atoms with Crippen LogP contribution >= 0.6 is 0 Å². The van der Waals surface area contributed by atoms with Crippen LogP contribution in [0.25, 0.3) is 0 Å². The Bertz CT molecular complexity index is 622. The second-order valence-electron chi connectivity index (χ2n) is 6.78. The average molecular weight is 331 g/mol. The van der Waals surface area contributed by atoms with Crippen molar-refractivity contribution in [3.63, 3.8) is 0 Å². The van der Waals surface area contributed by atoms with Crippen molar-refractivity contribution < 1.29 is 19.1 Å². The SMILES string of the molecule is COc1ccc(C)cc1N1C[C@@H](C(=O)OC2CCCCC2)CC1=O. The first-order valence-electron chi connectivity index (χ1n) is 8.74. The Balaban J connectivity index is 1.69. The van der Waals surface area contributed by atoms with Gasteiger partial charge in [0, 0.05) is 13.0 Å². The van der Waals surface area contributed by atoms with Gasteiger partial charge in [0.1, 0.15) is 11.9 Å². The van der Waals surface area contributed by atoms with Crippen LogP contribution in [0.4, 0.5) is 5.69 Å². The number of hydrogen-bond acceptors (Lipinski definition) is 4. The Morgan fingerprint density at radius 3 is 2.67 bits per heavy atom. The number of rotatable bonds is 4. The lowest BCUT2D eigenvalue weighted by molar-refractivity contribution is -0.155. The summed E-state index contributed by atoms with van der Waals surface area (Å²) in [4.78, 5) is 26.5. The highest BCUT2D eigenvalue weighted by atomic mass is 16.5. The van der Waals surface area contributed by atoms with Crippen molar-refractivity contribution in [3.8, 4) is 5.75 Å². The van der Waals surface area contributed by atoms with Crippen molar-refractivity contribution >= 4 is 17.6 Å². The maximum Gasteiger partial charge on any atom is 0.311 e. The molecule has 0 spiro atoms. The molecule has 5 heteroatoms. The monoisotopic (exact) mass is 331 g/mol. The standard InChI is InChI=1S/C19H25NO4/c1-13-8-9-17(23-2)16(10-13)20-12-14(11-18(20)21)19(22)24-15-6-4-3-5-7-15/h8-10,14-15H,3-7,11-12H2,1-2H3/t14-/m0/s1. The zero-order valence-electron chi connectivity index (χ0n) is 14.4. The summed E-state index contributed by atoms with van der Waals surface area (Å²) in [7, 11) is 1.59. The number of ether oxygens (including phenoxy) is 2. The second kappa shape index (κ2) is 7.24. The third-order valence-corrected chi connectivity index (χ3v) is 4.92. The molecule has 1 aromatic rings. The van der Waals surface area contributed by atoms with Gasteiger partial charge in [0.05, 0.1) is 18.7 Å². The van der Waals surface area contributed by atoms with Gasteiger partial charge in [-0.1, -0.05) is 12.5 Å². The number of esters is 1. The summed E-state index contributed by atoms with van der Waals surface area (Å²) in [6, 6.07) is 5.72. The molecule has 0 unspecified atom stereocenters. The van der Waals surface area contributed by atoms with E-state index in [0.717, 1.165) is 36.9 Å². The summed E-state index contributed by atoms with van der Waals surface area (Å²) in [5.74, 6) is -0.0197. The molecular formula is C19H25NO4. The van der Waals surface area contributed by atoms with Crippen LogP contribution in [-0.2, 0) is 14.3 Å². The summed E-state index contributed by atoms with van der Waals surface area (Å²) in [5, 5.41) is 0. The Hall–Kier alpha value is -2.04. The molecule has 24 heavy (non-hydrogen) atoms. The second-order valence-corrected chi connectivity index (χ2v) is 6.78. The van der Waals surface area contributed by atoms with E-state index in [4.69, 9.17) is 9.47 Å². The molecule has 1 heterocycles. The van der Waals surface area contributed by atoms with E-state index in [1.54, 1.807) is 12.0 Å². The molecule has 0 bridgehead atoms. The molecule has 0 aromatic heterocycles. The van der Waals surface area contributed by atoms with Gasteiger partial charge in [0.2, 0.25) is 5.91 Å². The van der Waals surface area contributed by atoms with Crippen LogP contribution in [0, 0.1) is 12.8 Å². The molecule has 1 saturated carbocycles. The number of anilines is 1. The molecule has 0 N–H and O–H groups in total. The zero-order valence-corrected chi connectivity index (χ0v) is 14.4. The van der Waals surface area contributed by atoms with Gasteiger partial charge in [-0.3, -0.25) is 9.59 Å². The molecule has 5 nitrogen and oxygen atoms in total. The van der Waals surface area contributed by atoms with E-state index in [2.05, 4.69) is 0 Å². The lowest BCUT2D eigenvalue weighted by Gasteiger charge is -2.23. The Kier molecular flexibility index (Phi) is 5.07. The molecular weight excluding hydrogens is 306 g/mol. The quantitative estimate of drug-likeness (QED) is 0.795. The van der Waals surface area contributed by atoms with Gasteiger partial charge in [-0.25, -0.2) is 0 Å². The van der Waals surface area contributed by atoms with Crippen LogP contribution in [0.15, 0.2) is 18.2 Å². The molecule has 1 aliphatic carbocycles. The van der Waals surface area contributed by atoms with Crippen LogP contribution in [0.1, 0.15) is 44.1 Å². The van der Waals surface area contributed by atoms with Gasteiger partial charge in [0.25, 0.3) is 0 Å². The van der Waals surface area contributed by atoms with Gasteiger partial charge in [-0.2, -0.15) is 0 Å². The van der Waals surface area contributed by atoms with Crippen molar-refractivity contribution in [1.29, 1.82) is 0 Å². The molecule has 1 aliphatic heterocycles. The summed E-state index contributed by atoms with van der Waals surface area (Å²) in [5.41, 5.74) is 1.78. The number of nitrogens with zero attached hydrogens (tertiary/aromatic N) is 1. The van der Waals surface area contributed by atoms with Crippen molar-refractivity contribution in [2.45, 2.75) is 51.6 Å². The number of hydrogen-bond donors (Lipinski definition) is 0. The topological polar surface area (TPSA) is 55.8 Å². The van der Waals surface area contributed by atoms with E-state index < -0.39 is 0 Å². The highest BCUT2D eigenvalue weighted by Gasteiger charge is 2.38. The summed E-state index contributed by atoms with van der Waals surface area (Å²) in [6.45, 7) is 2.34. The van der Waals surface area contributed by atoms with E-state index in [9.17, 15) is 9.59 Å². The highest BCUT2D eigenvalue weighted by Crippen LogP contribution is 2.34. The maximum atomic E-state index is 12.4. The number of carbonyl (C=O) groups excluding carboxylic acids is 2. The van der Waals surface area contributed by atoms with Gasteiger partial charge in [0.15, 0.2) is 0 Å². The van der Waals surface area contributed by atoms with Crippen molar-refractivity contribution in [2.75, 3.05) is 18.6 Å². The van der Waals surface area contributed by atoms with Crippen molar-refractivity contribution in [2.24, 2.45) is 5.92 Å². The summed E-state index contributed by atoms with van der Waals surface area (Å²) >= 11 is 0.